The van der Waals surface area contributed by atoms with E-state index in [0.717, 1.165) is 27.6 Å². The third-order valence-electron chi connectivity index (χ3n) is 6.66. The van der Waals surface area contributed by atoms with Crippen LogP contribution in [0.5, 0.6) is 5.75 Å². The van der Waals surface area contributed by atoms with E-state index < -0.39 is 17.7 Å². The minimum absolute atomic E-state index is 0.0355. The molecule has 1 saturated heterocycles. The second kappa shape index (κ2) is 10.9. The van der Waals surface area contributed by atoms with E-state index in [1.54, 1.807) is 25.4 Å². The quantitative estimate of drug-likeness (QED) is 0.490. The normalized spacial score (nSPS) is 16.6. The Kier molecular flexibility index (Phi) is 7.78. The van der Waals surface area contributed by atoms with Crippen molar-refractivity contribution in [1.82, 2.24) is 14.8 Å². The number of carbonyl (C=O) groups is 3. The summed E-state index contributed by atoms with van der Waals surface area (Å²) in [6.07, 6.45) is 1.55. The molecular weight excluding hydrogens is 486 g/mol. The standard InChI is InChI=1S/C29H35N3O6/c1-18-15-24(36-5)22(21-11-13-32(26(18)21)28(35)38-29(2,3)4)17-31-14-12-30-25(33)16-23(31)19-7-9-20(10-8-19)27(34)37-6/h7-11,13,15,23H,12,14,16-17H2,1-6H3,(H,30,33). The highest BCUT2D eigenvalue weighted by molar-refractivity contribution is 5.95. The first-order valence-electron chi connectivity index (χ1n) is 12.6. The van der Waals surface area contributed by atoms with Gasteiger partial charge in [-0.2, -0.15) is 0 Å². The Labute approximate surface area is 222 Å². The Morgan fingerprint density at radius 3 is 2.45 bits per heavy atom. The highest BCUT2D eigenvalue weighted by Crippen LogP contribution is 2.36. The number of nitrogens with zero attached hydrogens (tertiary/aromatic N) is 2. The molecule has 9 heteroatoms. The first-order valence-corrected chi connectivity index (χ1v) is 12.6. The lowest BCUT2D eigenvalue weighted by atomic mass is 9.98. The van der Waals surface area contributed by atoms with Crippen LogP contribution in [0.25, 0.3) is 10.9 Å². The summed E-state index contributed by atoms with van der Waals surface area (Å²) in [4.78, 5) is 39.7. The smallest absolute Gasteiger partial charge is 0.419 e. The third-order valence-corrected chi connectivity index (χ3v) is 6.66. The average Bonchev–Trinajstić information content (AvgIpc) is 3.24. The Balaban J connectivity index is 1.75. The number of fused-ring (bicyclic) bond motifs is 1. The van der Waals surface area contributed by atoms with E-state index in [1.165, 1.54) is 11.7 Å². The molecule has 0 radical (unpaired) electrons. The van der Waals surface area contributed by atoms with E-state index in [2.05, 4.69) is 10.2 Å². The van der Waals surface area contributed by atoms with Crippen molar-refractivity contribution in [2.24, 2.45) is 0 Å². The molecular formula is C29H35N3O6. The molecule has 9 nitrogen and oxygen atoms in total. The number of carbonyl (C=O) groups excluding carboxylic acids is 3. The molecule has 0 spiro atoms. The van der Waals surface area contributed by atoms with E-state index >= 15 is 0 Å². The molecule has 1 aromatic heterocycles. The van der Waals surface area contributed by atoms with E-state index in [0.29, 0.717) is 30.9 Å². The summed E-state index contributed by atoms with van der Waals surface area (Å²) < 4.78 is 17.8. The number of hydrogen-bond donors (Lipinski definition) is 1. The molecule has 0 saturated carbocycles. The highest BCUT2D eigenvalue weighted by atomic mass is 16.6. The topological polar surface area (TPSA) is 99.1 Å². The molecule has 3 aromatic rings. The number of nitrogens with one attached hydrogen (secondary N) is 1. The largest absolute Gasteiger partial charge is 0.496 e. The van der Waals surface area contributed by atoms with Crippen molar-refractivity contribution < 1.29 is 28.6 Å². The van der Waals surface area contributed by atoms with Gasteiger partial charge in [-0.3, -0.25) is 14.3 Å². The summed E-state index contributed by atoms with van der Waals surface area (Å²) in [7, 11) is 2.98. The van der Waals surface area contributed by atoms with Crippen molar-refractivity contribution in [2.45, 2.75) is 52.3 Å². The van der Waals surface area contributed by atoms with Gasteiger partial charge in [-0.05, 0) is 63.1 Å². The third kappa shape index (κ3) is 5.67. The molecule has 202 valence electrons. The lowest BCUT2D eigenvalue weighted by Crippen LogP contribution is -2.31. The summed E-state index contributed by atoms with van der Waals surface area (Å²) in [5.74, 6) is 0.264. The van der Waals surface area contributed by atoms with Crippen LogP contribution in [0.3, 0.4) is 0 Å². The van der Waals surface area contributed by atoms with Gasteiger partial charge in [0, 0.05) is 49.2 Å². The van der Waals surface area contributed by atoms with Gasteiger partial charge in [-0.1, -0.05) is 12.1 Å². The number of ether oxygens (including phenoxy) is 3. The lowest BCUT2D eigenvalue weighted by Gasteiger charge is -2.30. The Hall–Kier alpha value is -3.85. The Morgan fingerprint density at radius 1 is 1.11 bits per heavy atom. The van der Waals surface area contributed by atoms with Crippen LogP contribution in [0.1, 0.15) is 60.3 Å². The van der Waals surface area contributed by atoms with Crippen LogP contribution in [-0.4, -0.2) is 60.3 Å². The van der Waals surface area contributed by atoms with Gasteiger partial charge in [-0.15, -0.1) is 0 Å². The number of aromatic nitrogens is 1. The summed E-state index contributed by atoms with van der Waals surface area (Å²) in [6, 6.07) is 10.8. The van der Waals surface area contributed by atoms with Crippen LogP contribution in [0.4, 0.5) is 4.79 Å². The maximum atomic E-state index is 13.0. The van der Waals surface area contributed by atoms with E-state index in [1.807, 2.05) is 52.0 Å². The second-order valence-electron chi connectivity index (χ2n) is 10.5. The fraction of sp³-hybridized carbons (Fsp3) is 0.414. The average molecular weight is 522 g/mol. The monoisotopic (exact) mass is 521 g/mol. The second-order valence-corrected chi connectivity index (χ2v) is 10.5. The molecule has 1 fully saturated rings. The van der Waals surface area contributed by atoms with Crippen molar-refractivity contribution in [1.29, 1.82) is 0 Å². The summed E-state index contributed by atoms with van der Waals surface area (Å²) in [5, 5.41) is 3.85. The van der Waals surface area contributed by atoms with E-state index in [-0.39, 0.29) is 18.4 Å². The highest BCUT2D eigenvalue weighted by Gasteiger charge is 2.29. The number of methoxy groups -OCH3 is 2. The van der Waals surface area contributed by atoms with Crippen molar-refractivity contribution in [2.75, 3.05) is 27.3 Å². The van der Waals surface area contributed by atoms with Crippen LogP contribution >= 0.6 is 0 Å². The molecule has 2 heterocycles. The van der Waals surface area contributed by atoms with Gasteiger partial charge < -0.3 is 19.5 Å². The van der Waals surface area contributed by atoms with Gasteiger partial charge >= 0.3 is 12.1 Å². The summed E-state index contributed by atoms with van der Waals surface area (Å²) in [6.45, 7) is 9.05. The number of aryl methyl sites for hydroxylation is 1. The molecule has 4 rings (SSSR count). The van der Waals surface area contributed by atoms with Gasteiger partial charge in [0.25, 0.3) is 0 Å². The Bertz CT molecular complexity index is 1350. The Morgan fingerprint density at radius 2 is 1.82 bits per heavy atom. The zero-order valence-electron chi connectivity index (χ0n) is 22.8. The molecule has 2 aromatic carbocycles. The minimum Gasteiger partial charge on any atom is -0.496 e. The van der Waals surface area contributed by atoms with Crippen LogP contribution in [0.2, 0.25) is 0 Å². The zero-order chi connectivity index (χ0) is 27.6. The fourth-order valence-electron chi connectivity index (χ4n) is 4.92. The molecule has 1 aliphatic heterocycles. The van der Waals surface area contributed by atoms with E-state index in [9.17, 15) is 14.4 Å². The number of benzene rings is 2. The van der Waals surface area contributed by atoms with Gasteiger partial charge in [0.1, 0.15) is 11.4 Å². The van der Waals surface area contributed by atoms with Crippen molar-refractivity contribution in [3.63, 3.8) is 0 Å². The van der Waals surface area contributed by atoms with Crippen molar-refractivity contribution >= 4 is 28.9 Å². The van der Waals surface area contributed by atoms with Gasteiger partial charge in [0.2, 0.25) is 5.91 Å². The molecule has 38 heavy (non-hydrogen) atoms. The van der Waals surface area contributed by atoms with Crippen molar-refractivity contribution in [3.8, 4) is 5.75 Å². The van der Waals surface area contributed by atoms with Gasteiger partial charge in [0.15, 0.2) is 0 Å². The summed E-state index contributed by atoms with van der Waals surface area (Å²) >= 11 is 0. The first-order chi connectivity index (χ1) is 18.0. The number of rotatable bonds is 5. The van der Waals surface area contributed by atoms with Gasteiger partial charge in [-0.25, -0.2) is 9.59 Å². The molecule has 0 bridgehead atoms. The predicted molar refractivity (Wildman–Crippen MR) is 143 cm³/mol. The maximum absolute atomic E-state index is 13.0. The molecule has 1 amide bonds. The zero-order valence-corrected chi connectivity index (χ0v) is 22.8. The maximum Gasteiger partial charge on any atom is 0.419 e. The van der Waals surface area contributed by atoms with E-state index in [4.69, 9.17) is 14.2 Å². The van der Waals surface area contributed by atoms with Crippen LogP contribution in [0.15, 0.2) is 42.6 Å². The molecule has 1 atom stereocenters. The lowest BCUT2D eigenvalue weighted by molar-refractivity contribution is -0.121. The number of amides is 1. The number of hydrogen-bond acceptors (Lipinski definition) is 7. The molecule has 1 aliphatic rings. The van der Waals surface area contributed by atoms with Crippen LogP contribution in [-0.2, 0) is 20.8 Å². The summed E-state index contributed by atoms with van der Waals surface area (Å²) in [5.41, 5.74) is 3.31. The van der Waals surface area contributed by atoms with Gasteiger partial charge in [0.05, 0.1) is 25.3 Å². The number of esters is 1. The fourth-order valence-corrected chi connectivity index (χ4v) is 4.92. The van der Waals surface area contributed by atoms with Crippen LogP contribution < -0.4 is 10.1 Å². The molecule has 1 unspecified atom stereocenters. The molecule has 0 aliphatic carbocycles. The minimum atomic E-state index is -0.626. The van der Waals surface area contributed by atoms with Crippen molar-refractivity contribution in [3.05, 3.63) is 64.8 Å². The first kappa shape index (κ1) is 27.2. The molecule has 1 N–H and O–H groups in total. The van der Waals surface area contributed by atoms with Crippen LogP contribution in [0, 0.1) is 6.92 Å². The predicted octanol–water partition coefficient (Wildman–Crippen LogP) is 4.59. The SMILES string of the molecule is COC(=O)c1ccc(C2CC(=O)NCCN2Cc2c(OC)cc(C)c3c2ccn3C(=O)OC(C)(C)C)cc1.